The molecule has 2 aromatic carbocycles. The van der Waals surface area contributed by atoms with Crippen LogP contribution < -0.4 is 16.2 Å². The van der Waals surface area contributed by atoms with Crippen LogP contribution in [0.4, 0.5) is 16.4 Å². The van der Waals surface area contributed by atoms with Crippen molar-refractivity contribution in [3.63, 3.8) is 0 Å². The summed E-state index contributed by atoms with van der Waals surface area (Å²) in [6.45, 7) is 0.780. The number of fused-ring (bicyclic) bond motifs is 2. The van der Waals surface area contributed by atoms with Crippen LogP contribution in [-0.2, 0) is 20.0 Å². The maximum Gasteiger partial charge on any atom is 0.322 e. The van der Waals surface area contributed by atoms with Gasteiger partial charge in [0.2, 0.25) is 5.95 Å². The van der Waals surface area contributed by atoms with Crippen LogP contribution in [0.5, 0.6) is 0 Å². The Morgan fingerprint density at radius 2 is 1.93 bits per heavy atom. The van der Waals surface area contributed by atoms with Gasteiger partial charge in [0.25, 0.3) is 5.56 Å². The van der Waals surface area contributed by atoms with Gasteiger partial charge in [-0.2, -0.15) is 0 Å². The number of hydrogen-bond donors (Lipinski definition) is 2. The molecule has 0 spiro atoms. The standard InChI is InChI=1S/C20H21N5O2/c1-21-19-22-17-10-11-25(12-15(17)18(26)24(19)2)20(27)23-16-9-5-7-13-6-3-4-8-14(13)16/h3-9H,10-12H2,1-2H3,(H,21,22)(H,23,27). The summed E-state index contributed by atoms with van der Waals surface area (Å²) in [5, 5.41) is 7.97. The number of anilines is 2. The molecule has 0 aliphatic carbocycles. The van der Waals surface area contributed by atoms with Crippen molar-refractivity contribution in [2.24, 2.45) is 7.05 Å². The molecule has 138 valence electrons. The predicted octanol–water partition coefficient (Wildman–Crippen LogP) is 2.57. The van der Waals surface area contributed by atoms with Gasteiger partial charge in [0.1, 0.15) is 0 Å². The number of amides is 2. The average Bonchev–Trinajstić information content (AvgIpc) is 2.70. The molecule has 1 aliphatic heterocycles. The van der Waals surface area contributed by atoms with Crippen LogP contribution in [0, 0.1) is 0 Å². The van der Waals surface area contributed by atoms with Crippen molar-refractivity contribution in [2.75, 3.05) is 24.2 Å². The summed E-state index contributed by atoms with van der Waals surface area (Å²) < 4.78 is 1.48. The number of nitrogens with one attached hydrogen (secondary N) is 2. The summed E-state index contributed by atoms with van der Waals surface area (Å²) in [7, 11) is 3.41. The van der Waals surface area contributed by atoms with Gasteiger partial charge in [0, 0.05) is 32.4 Å². The molecule has 2 amide bonds. The van der Waals surface area contributed by atoms with Crippen molar-refractivity contribution in [1.29, 1.82) is 0 Å². The lowest BCUT2D eigenvalue weighted by Crippen LogP contribution is -2.42. The maximum atomic E-state index is 12.8. The lowest BCUT2D eigenvalue weighted by molar-refractivity contribution is 0.205. The first-order chi connectivity index (χ1) is 13.1. The third-order valence-electron chi connectivity index (χ3n) is 4.98. The molecule has 4 rings (SSSR count). The van der Waals surface area contributed by atoms with E-state index in [-0.39, 0.29) is 18.1 Å². The molecule has 0 atom stereocenters. The van der Waals surface area contributed by atoms with Gasteiger partial charge < -0.3 is 15.5 Å². The number of benzene rings is 2. The number of hydrogen-bond acceptors (Lipinski definition) is 4. The van der Waals surface area contributed by atoms with E-state index in [1.54, 1.807) is 19.0 Å². The van der Waals surface area contributed by atoms with Gasteiger partial charge in [-0.1, -0.05) is 36.4 Å². The zero-order valence-corrected chi connectivity index (χ0v) is 15.3. The van der Waals surface area contributed by atoms with E-state index in [1.165, 1.54) is 4.57 Å². The van der Waals surface area contributed by atoms with Gasteiger partial charge in [-0.15, -0.1) is 0 Å². The monoisotopic (exact) mass is 363 g/mol. The predicted molar refractivity (Wildman–Crippen MR) is 106 cm³/mol. The molecule has 0 unspecified atom stereocenters. The first-order valence-electron chi connectivity index (χ1n) is 8.88. The highest BCUT2D eigenvalue weighted by molar-refractivity contribution is 6.01. The van der Waals surface area contributed by atoms with E-state index in [9.17, 15) is 9.59 Å². The van der Waals surface area contributed by atoms with E-state index in [0.717, 1.165) is 22.2 Å². The van der Waals surface area contributed by atoms with Crippen molar-refractivity contribution in [3.8, 4) is 0 Å². The van der Waals surface area contributed by atoms with Crippen molar-refractivity contribution in [3.05, 3.63) is 64.1 Å². The lowest BCUT2D eigenvalue weighted by Gasteiger charge is -2.28. The Balaban J connectivity index is 1.60. The molecule has 0 saturated carbocycles. The van der Waals surface area contributed by atoms with E-state index in [0.29, 0.717) is 24.5 Å². The highest BCUT2D eigenvalue weighted by Crippen LogP contribution is 2.24. The fraction of sp³-hybridized carbons (Fsp3) is 0.250. The van der Waals surface area contributed by atoms with Crippen LogP contribution in [-0.4, -0.2) is 34.1 Å². The SMILES string of the molecule is CNc1nc2c(c(=O)n1C)CN(C(=O)Nc1cccc3ccccc13)CC2. The van der Waals surface area contributed by atoms with E-state index in [4.69, 9.17) is 0 Å². The van der Waals surface area contributed by atoms with Gasteiger partial charge in [-0.05, 0) is 11.5 Å². The minimum atomic E-state index is -0.211. The largest absolute Gasteiger partial charge is 0.359 e. The summed E-state index contributed by atoms with van der Waals surface area (Å²) in [4.78, 5) is 31.6. The number of urea groups is 1. The van der Waals surface area contributed by atoms with Crippen LogP contribution in [0.1, 0.15) is 11.3 Å². The van der Waals surface area contributed by atoms with E-state index < -0.39 is 0 Å². The molecular weight excluding hydrogens is 342 g/mol. The average molecular weight is 363 g/mol. The molecule has 3 aromatic rings. The summed E-state index contributed by atoms with van der Waals surface area (Å²) in [6.07, 6.45) is 0.559. The van der Waals surface area contributed by atoms with Crippen molar-refractivity contribution < 1.29 is 4.79 Å². The molecule has 1 aliphatic rings. The van der Waals surface area contributed by atoms with Gasteiger partial charge in [-0.25, -0.2) is 9.78 Å². The maximum absolute atomic E-state index is 12.8. The Hall–Kier alpha value is -3.35. The van der Waals surface area contributed by atoms with Crippen molar-refractivity contribution in [1.82, 2.24) is 14.5 Å². The highest BCUT2D eigenvalue weighted by atomic mass is 16.2. The molecule has 2 N–H and O–H groups in total. The minimum Gasteiger partial charge on any atom is -0.359 e. The Kier molecular flexibility index (Phi) is 4.27. The molecule has 27 heavy (non-hydrogen) atoms. The van der Waals surface area contributed by atoms with E-state index in [2.05, 4.69) is 15.6 Å². The number of carbonyl (C=O) groups is 1. The van der Waals surface area contributed by atoms with Crippen LogP contribution in [0.25, 0.3) is 10.8 Å². The van der Waals surface area contributed by atoms with E-state index >= 15 is 0 Å². The first kappa shape index (κ1) is 17.1. The molecule has 0 fully saturated rings. The van der Waals surface area contributed by atoms with Crippen LogP contribution in [0.2, 0.25) is 0 Å². The lowest BCUT2D eigenvalue weighted by atomic mass is 10.1. The quantitative estimate of drug-likeness (QED) is 0.733. The third-order valence-corrected chi connectivity index (χ3v) is 4.98. The summed E-state index contributed by atoms with van der Waals surface area (Å²) in [5.41, 5.74) is 1.99. The van der Waals surface area contributed by atoms with Crippen molar-refractivity contribution in [2.45, 2.75) is 13.0 Å². The summed E-state index contributed by atoms with van der Waals surface area (Å²) in [6, 6.07) is 13.5. The van der Waals surface area contributed by atoms with Crippen LogP contribution in [0.3, 0.4) is 0 Å². The molecule has 0 saturated heterocycles. The number of nitrogens with zero attached hydrogens (tertiary/aromatic N) is 3. The third kappa shape index (κ3) is 3.01. The van der Waals surface area contributed by atoms with Gasteiger partial charge >= 0.3 is 6.03 Å². The Bertz CT molecular complexity index is 1080. The molecule has 0 bridgehead atoms. The normalized spacial score (nSPS) is 13.3. The molecule has 7 nitrogen and oxygen atoms in total. The number of aromatic nitrogens is 2. The van der Waals surface area contributed by atoms with Crippen molar-refractivity contribution >= 4 is 28.4 Å². The molecular formula is C20H21N5O2. The second-order valence-electron chi connectivity index (χ2n) is 6.60. The summed E-state index contributed by atoms with van der Waals surface area (Å²) >= 11 is 0. The van der Waals surface area contributed by atoms with Crippen LogP contribution in [0.15, 0.2) is 47.3 Å². The Labute approximate surface area is 156 Å². The van der Waals surface area contributed by atoms with Gasteiger partial charge in [0.15, 0.2) is 0 Å². The number of carbonyl (C=O) groups excluding carboxylic acids is 1. The Morgan fingerprint density at radius 1 is 1.15 bits per heavy atom. The summed E-state index contributed by atoms with van der Waals surface area (Å²) in [5.74, 6) is 0.535. The molecule has 0 radical (unpaired) electrons. The fourth-order valence-corrected chi connectivity index (χ4v) is 3.49. The van der Waals surface area contributed by atoms with Gasteiger partial charge in [-0.3, -0.25) is 9.36 Å². The zero-order valence-electron chi connectivity index (χ0n) is 15.3. The fourth-order valence-electron chi connectivity index (χ4n) is 3.49. The van der Waals surface area contributed by atoms with Gasteiger partial charge in [0.05, 0.1) is 23.5 Å². The second-order valence-corrected chi connectivity index (χ2v) is 6.60. The smallest absolute Gasteiger partial charge is 0.322 e. The zero-order chi connectivity index (χ0) is 19.0. The topological polar surface area (TPSA) is 79.3 Å². The second kappa shape index (κ2) is 6.75. The minimum absolute atomic E-state index is 0.119. The molecule has 7 heteroatoms. The highest BCUT2D eigenvalue weighted by Gasteiger charge is 2.25. The van der Waals surface area contributed by atoms with E-state index in [1.807, 2.05) is 42.5 Å². The first-order valence-corrected chi connectivity index (χ1v) is 8.88. The Morgan fingerprint density at radius 3 is 2.74 bits per heavy atom. The molecule has 1 aromatic heterocycles. The molecule has 2 heterocycles. The van der Waals surface area contributed by atoms with Crippen LogP contribution >= 0.6 is 0 Å². The number of rotatable bonds is 2.